The molecule has 140 valence electrons. The zero-order chi connectivity index (χ0) is 17.4. The number of piperidine rings is 1. The number of hydrogen-bond donors (Lipinski definition) is 0. The van der Waals surface area contributed by atoms with Gasteiger partial charge in [0.2, 0.25) is 5.91 Å². The van der Waals surface area contributed by atoms with Crippen molar-refractivity contribution in [2.45, 2.75) is 31.2 Å². The number of rotatable bonds is 4. The molecule has 4 aliphatic rings. The van der Waals surface area contributed by atoms with Gasteiger partial charge in [-0.3, -0.25) is 14.6 Å². The van der Waals surface area contributed by atoms with Crippen molar-refractivity contribution < 1.29 is 9.53 Å². The molecular formula is C20H33N3O2. The van der Waals surface area contributed by atoms with Gasteiger partial charge in [-0.2, -0.15) is 0 Å². The van der Waals surface area contributed by atoms with E-state index in [-0.39, 0.29) is 18.1 Å². The Morgan fingerprint density at radius 2 is 1.96 bits per heavy atom. The number of amides is 1. The van der Waals surface area contributed by atoms with Gasteiger partial charge in [0.25, 0.3) is 0 Å². The van der Waals surface area contributed by atoms with Crippen LogP contribution in [0.15, 0.2) is 12.2 Å². The SMILES string of the molecule is COCC(=O)N1CCC2(CC1)CN(CC1C[C@H]3C=C[C@@H]1C3)CCN2C. The molecule has 0 aromatic carbocycles. The van der Waals surface area contributed by atoms with E-state index in [4.69, 9.17) is 4.74 Å². The summed E-state index contributed by atoms with van der Waals surface area (Å²) < 4.78 is 5.02. The van der Waals surface area contributed by atoms with Gasteiger partial charge in [-0.1, -0.05) is 12.2 Å². The van der Waals surface area contributed by atoms with Crippen molar-refractivity contribution in [1.82, 2.24) is 14.7 Å². The van der Waals surface area contributed by atoms with Gasteiger partial charge in [-0.15, -0.1) is 0 Å². The Morgan fingerprint density at radius 3 is 2.60 bits per heavy atom. The zero-order valence-electron chi connectivity index (χ0n) is 15.8. The summed E-state index contributed by atoms with van der Waals surface area (Å²) >= 11 is 0. The van der Waals surface area contributed by atoms with Crippen molar-refractivity contribution in [3.05, 3.63) is 12.2 Å². The number of nitrogens with zero attached hydrogens (tertiary/aromatic N) is 3. The van der Waals surface area contributed by atoms with Crippen molar-refractivity contribution in [1.29, 1.82) is 0 Å². The number of allylic oxidation sites excluding steroid dienone is 2. The molecule has 3 fully saturated rings. The first-order valence-corrected chi connectivity index (χ1v) is 9.98. The number of methoxy groups -OCH3 is 1. The van der Waals surface area contributed by atoms with Gasteiger partial charge in [0.15, 0.2) is 0 Å². The normalized spacial score (nSPS) is 35.0. The highest BCUT2D eigenvalue weighted by Crippen LogP contribution is 2.44. The van der Waals surface area contributed by atoms with E-state index in [2.05, 4.69) is 29.0 Å². The number of carbonyl (C=O) groups excluding carboxylic acids is 1. The molecule has 5 heteroatoms. The lowest BCUT2D eigenvalue weighted by Gasteiger charge is -2.53. The molecule has 1 amide bonds. The van der Waals surface area contributed by atoms with Crippen LogP contribution in [0, 0.1) is 17.8 Å². The Kier molecular flexibility index (Phi) is 4.91. The van der Waals surface area contributed by atoms with Gasteiger partial charge in [-0.05, 0) is 50.5 Å². The van der Waals surface area contributed by atoms with E-state index >= 15 is 0 Å². The van der Waals surface area contributed by atoms with Gasteiger partial charge < -0.3 is 9.64 Å². The number of fused-ring (bicyclic) bond motifs is 2. The second-order valence-electron chi connectivity index (χ2n) is 8.74. The molecule has 1 spiro atoms. The average Bonchev–Trinajstić information content (AvgIpc) is 3.22. The molecule has 2 aliphatic carbocycles. The molecule has 4 rings (SSSR count). The molecule has 2 heterocycles. The molecule has 0 aromatic rings. The van der Waals surface area contributed by atoms with Crippen LogP contribution in [0.2, 0.25) is 0 Å². The predicted octanol–water partition coefficient (Wildman–Crippen LogP) is 1.45. The van der Waals surface area contributed by atoms with E-state index in [0.29, 0.717) is 0 Å². The standard InChI is InChI=1S/C20H33N3O2/c1-21-9-10-22(13-18-12-16-3-4-17(18)11-16)15-20(21)5-7-23(8-6-20)19(24)14-25-2/h3-4,16-18H,5-15H2,1-2H3/t16-,17+,18?/m0/s1. The van der Waals surface area contributed by atoms with Gasteiger partial charge in [0, 0.05) is 51.9 Å². The molecule has 1 saturated carbocycles. The number of piperazine rings is 1. The van der Waals surface area contributed by atoms with Crippen LogP contribution in [0.3, 0.4) is 0 Å². The minimum Gasteiger partial charge on any atom is -0.375 e. The Bertz CT molecular complexity index is 527. The zero-order valence-corrected chi connectivity index (χ0v) is 15.8. The molecule has 2 aliphatic heterocycles. The second kappa shape index (κ2) is 7.01. The molecule has 5 nitrogen and oxygen atoms in total. The summed E-state index contributed by atoms with van der Waals surface area (Å²) in [6.45, 7) is 6.76. The van der Waals surface area contributed by atoms with Crippen molar-refractivity contribution in [2.75, 3.05) is 60.0 Å². The largest absolute Gasteiger partial charge is 0.375 e. The molecule has 25 heavy (non-hydrogen) atoms. The highest BCUT2D eigenvalue weighted by molar-refractivity contribution is 5.77. The monoisotopic (exact) mass is 347 g/mol. The van der Waals surface area contributed by atoms with E-state index in [1.807, 2.05) is 4.90 Å². The summed E-state index contributed by atoms with van der Waals surface area (Å²) in [5, 5.41) is 0. The molecular weight excluding hydrogens is 314 g/mol. The molecule has 0 N–H and O–H groups in total. The van der Waals surface area contributed by atoms with E-state index < -0.39 is 0 Å². The molecule has 3 atom stereocenters. The maximum Gasteiger partial charge on any atom is 0.248 e. The van der Waals surface area contributed by atoms with E-state index in [9.17, 15) is 4.79 Å². The molecule has 2 saturated heterocycles. The third kappa shape index (κ3) is 3.38. The molecule has 1 unspecified atom stereocenters. The van der Waals surface area contributed by atoms with Crippen molar-refractivity contribution in [2.24, 2.45) is 17.8 Å². The Balaban J connectivity index is 1.35. The van der Waals surface area contributed by atoms with Gasteiger partial charge in [0.05, 0.1) is 0 Å². The Labute approximate surface area is 152 Å². The van der Waals surface area contributed by atoms with Crippen LogP contribution in [0.4, 0.5) is 0 Å². The highest BCUT2D eigenvalue weighted by Gasteiger charge is 2.44. The fraction of sp³-hybridized carbons (Fsp3) is 0.850. The maximum absolute atomic E-state index is 12.1. The third-order valence-electron chi connectivity index (χ3n) is 7.30. The van der Waals surface area contributed by atoms with Gasteiger partial charge in [0.1, 0.15) is 6.61 Å². The average molecular weight is 348 g/mol. The minimum atomic E-state index is 0.140. The van der Waals surface area contributed by atoms with Crippen LogP contribution >= 0.6 is 0 Å². The topological polar surface area (TPSA) is 36.0 Å². The third-order valence-corrected chi connectivity index (χ3v) is 7.30. The summed E-state index contributed by atoms with van der Waals surface area (Å²) in [7, 11) is 3.88. The number of carbonyl (C=O) groups is 1. The highest BCUT2D eigenvalue weighted by atomic mass is 16.5. The lowest BCUT2D eigenvalue weighted by atomic mass is 9.83. The summed E-state index contributed by atoms with van der Waals surface area (Å²) in [6.07, 6.45) is 9.90. The number of ether oxygens (including phenoxy) is 1. The smallest absolute Gasteiger partial charge is 0.248 e. The summed E-state index contributed by atoms with van der Waals surface area (Å²) in [4.78, 5) is 19.4. The van der Waals surface area contributed by atoms with E-state index in [1.54, 1.807) is 7.11 Å². The molecule has 0 radical (unpaired) electrons. The lowest BCUT2D eigenvalue weighted by Crippen LogP contribution is -2.65. The van der Waals surface area contributed by atoms with Crippen molar-refractivity contribution in [3.8, 4) is 0 Å². The fourth-order valence-electron chi connectivity index (χ4n) is 5.66. The van der Waals surface area contributed by atoms with Crippen LogP contribution in [0.1, 0.15) is 25.7 Å². The van der Waals surface area contributed by atoms with Gasteiger partial charge in [-0.25, -0.2) is 0 Å². The van der Waals surface area contributed by atoms with E-state index in [1.165, 1.54) is 32.5 Å². The Hall–Kier alpha value is -0.910. The predicted molar refractivity (Wildman–Crippen MR) is 98.3 cm³/mol. The molecule has 0 aromatic heterocycles. The van der Waals surface area contributed by atoms with Crippen LogP contribution in [-0.4, -0.2) is 86.2 Å². The van der Waals surface area contributed by atoms with E-state index in [0.717, 1.165) is 50.2 Å². The first-order chi connectivity index (χ1) is 12.1. The molecule has 2 bridgehead atoms. The van der Waals surface area contributed by atoms with Crippen LogP contribution in [-0.2, 0) is 9.53 Å². The van der Waals surface area contributed by atoms with Crippen LogP contribution < -0.4 is 0 Å². The first-order valence-electron chi connectivity index (χ1n) is 9.98. The minimum absolute atomic E-state index is 0.140. The Morgan fingerprint density at radius 1 is 1.16 bits per heavy atom. The maximum atomic E-state index is 12.1. The summed E-state index contributed by atoms with van der Waals surface area (Å²) in [6, 6.07) is 0. The quantitative estimate of drug-likeness (QED) is 0.722. The summed E-state index contributed by atoms with van der Waals surface area (Å²) in [5.41, 5.74) is 0.259. The lowest BCUT2D eigenvalue weighted by molar-refractivity contribution is -0.138. The van der Waals surface area contributed by atoms with Crippen LogP contribution in [0.25, 0.3) is 0 Å². The number of likely N-dealkylation sites (N-methyl/N-ethyl adjacent to an activating group) is 1. The van der Waals surface area contributed by atoms with Crippen LogP contribution in [0.5, 0.6) is 0 Å². The van der Waals surface area contributed by atoms with Crippen molar-refractivity contribution in [3.63, 3.8) is 0 Å². The number of likely N-dealkylation sites (tertiary alicyclic amines) is 1. The number of hydrogen-bond acceptors (Lipinski definition) is 4. The van der Waals surface area contributed by atoms with Gasteiger partial charge >= 0.3 is 0 Å². The first kappa shape index (κ1) is 17.5. The second-order valence-corrected chi connectivity index (χ2v) is 8.74. The summed E-state index contributed by atoms with van der Waals surface area (Å²) in [5.74, 6) is 2.72. The fourth-order valence-corrected chi connectivity index (χ4v) is 5.66. The van der Waals surface area contributed by atoms with Crippen molar-refractivity contribution >= 4 is 5.91 Å².